The average molecular weight is 314 g/mol. The van der Waals surface area contributed by atoms with Crippen LogP contribution in [0.15, 0.2) is 42.5 Å². The third kappa shape index (κ3) is 4.23. The number of carbonyl (C=O) groups is 1. The van der Waals surface area contributed by atoms with Gasteiger partial charge < -0.3 is 5.32 Å². The number of halogens is 1. The van der Waals surface area contributed by atoms with Gasteiger partial charge in [0.05, 0.1) is 4.92 Å². The summed E-state index contributed by atoms with van der Waals surface area (Å²) in [6, 6.07) is 9.04. The Labute approximate surface area is 132 Å². The first-order chi connectivity index (χ1) is 10.9. The number of anilines is 1. The van der Waals surface area contributed by atoms with Gasteiger partial charge in [0, 0.05) is 17.8 Å². The molecule has 2 aromatic rings. The molecule has 0 aromatic heterocycles. The third-order valence-corrected chi connectivity index (χ3v) is 3.25. The van der Waals surface area contributed by atoms with Crippen molar-refractivity contribution in [2.75, 3.05) is 5.32 Å². The molecule has 118 valence electrons. The quantitative estimate of drug-likeness (QED) is 0.526. The Balaban J connectivity index is 2.12. The fraction of sp³-hybridized carbons (Fsp3) is 0.118. The van der Waals surface area contributed by atoms with Gasteiger partial charge in [-0.05, 0) is 43.2 Å². The minimum atomic E-state index is -0.946. The van der Waals surface area contributed by atoms with E-state index >= 15 is 0 Å². The molecule has 0 saturated heterocycles. The first-order valence-corrected chi connectivity index (χ1v) is 6.87. The van der Waals surface area contributed by atoms with Crippen LogP contribution >= 0.6 is 0 Å². The van der Waals surface area contributed by atoms with Gasteiger partial charge in [-0.25, -0.2) is 0 Å². The van der Waals surface area contributed by atoms with E-state index in [2.05, 4.69) is 5.32 Å². The summed E-state index contributed by atoms with van der Waals surface area (Å²) in [5.41, 5.74) is 2.54. The van der Waals surface area contributed by atoms with Crippen molar-refractivity contribution in [1.29, 1.82) is 0 Å². The van der Waals surface area contributed by atoms with Crippen molar-refractivity contribution >= 4 is 23.4 Å². The lowest BCUT2D eigenvalue weighted by molar-refractivity contribution is -0.387. The predicted octanol–water partition coefficient (Wildman–Crippen LogP) is 4.00. The topological polar surface area (TPSA) is 72.2 Å². The van der Waals surface area contributed by atoms with E-state index < -0.39 is 22.3 Å². The molecule has 0 bridgehead atoms. The summed E-state index contributed by atoms with van der Waals surface area (Å²) < 4.78 is 13.2. The van der Waals surface area contributed by atoms with Crippen molar-refractivity contribution < 1.29 is 14.1 Å². The molecule has 2 aromatic carbocycles. The second kappa shape index (κ2) is 6.83. The molecule has 23 heavy (non-hydrogen) atoms. The number of aryl methyl sites for hydroxylation is 2. The molecule has 1 amide bonds. The Morgan fingerprint density at radius 2 is 1.96 bits per heavy atom. The number of hydrogen-bond donors (Lipinski definition) is 1. The van der Waals surface area contributed by atoms with Crippen LogP contribution in [0.3, 0.4) is 0 Å². The molecule has 0 spiro atoms. The summed E-state index contributed by atoms with van der Waals surface area (Å²) in [6.45, 7) is 3.92. The van der Waals surface area contributed by atoms with Gasteiger partial charge in [0.25, 0.3) is 0 Å². The molecule has 0 heterocycles. The average Bonchev–Trinajstić information content (AvgIpc) is 2.48. The molecule has 0 aliphatic rings. The molecule has 2 rings (SSSR count). The van der Waals surface area contributed by atoms with E-state index in [9.17, 15) is 19.3 Å². The number of nitrogens with one attached hydrogen (secondary N) is 1. The van der Waals surface area contributed by atoms with E-state index in [1.165, 1.54) is 12.1 Å². The molecule has 0 aliphatic carbocycles. The summed E-state index contributed by atoms with van der Waals surface area (Å²) in [4.78, 5) is 21.7. The summed E-state index contributed by atoms with van der Waals surface area (Å²) in [5.74, 6) is -1.40. The molecule has 0 radical (unpaired) electrons. The van der Waals surface area contributed by atoms with Crippen molar-refractivity contribution in [2.24, 2.45) is 0 Å². The van der Waals surface area contributed by atoms with E-state index in [4.69, 9.17) is 0 Å². The van der Waals surface area contributed by atoms with Crippen molar-refractivity contribution in [3.8, 4) is 0 Å². The van der Waals surface area contributed by atoms with Crippen LogP contribution in [-0.2, 0) is 4.79 Å². The molecule has 5 nitrogen and oxygen atoms in total. The highest BCUT2D eigenvalue weighted by Crippen LogP contribution is 2.21. The van der Waals surface area contributed by atoms with Gasteiger partial charge in [-0.2, -0.15) is 4.39 Å². The fourth-order valence-corrected chi connectivity index (χ4v) is 2.09. The number of nitro benzene ring substituents is 1. The number of nitrogens with zero attached hydrogens (tertiary/aromatic N) is 1. The summed E-state index contributed by atoms with van der Waals surface area (Å²) in [5, 5.41) is 13.1. The number of hydrogen-bond acceptors (Lipinski definition) is 3. The first kappa shape index (κ1) is 16.4. The Kier molecular flexibility index (Phi) is 4.85. The minimum Gasteiger partial charge on any atom is -0.322 e. The second-order valence-corrected chi connectivity index (χ2v) is 5.11. The van der Waals surface area contributed by atoms with Gasteiger partial charge in [0.1, 0.15) is 0 Å². The van der Waals surface area contributed by atoms with Crippen LogP contribution in [0.1, 0.15) is 16.7 Å². The van der Waals surface area contributed by atoms with E-state index in [0.29, 0.717) is 0 Å². The number of benzene rings is 2. The smallest absolute Gasteiger partial charge is 0.306 e. The van der Waals surface area contributed by atoms with Gasteiger partial charge in [-0.1, -0.05) is 23.8 Å². The van der Waals surface area contributed by atoms with Crippen LogP contribution < -0.4 is 5.32 Å². The molecule has 1 N–H and O–H groups in total. The highest BCUT2D eigenvalue weighted by molar-refractivity contribution is 6.02. The number of rotatable bonds is 4. The van der Waals surface area contributed by atoms with E-state index in [-0.39, 0.29) is 5.69 Å². The fourth-order valence-electron chi connectivity index (χ4n) is 2.09. The molecule has 0 fully saturated rings. The summed E-state index contributed by atoms with van der Waals surface area (Å²) >= 11 is 0. The molecular weight excluding hydrogens is 299 g/mol. The number of amides is 1. The zero-order valence-corrected chi connectivity index (χ0v) is 12.7. The molecule has 0 aliphatic heterocycles. The van der Waals surface area contributed by atoms with Crippen molar-refractivity contribution in [3.63, 3.8) is 0 Å². The van der Waals surface area contributed by atoms with Crippen molar-refractivity contribution in [1.82, 2.24) is 0 Å². The first-order valence-electron chi connectivity index (χ1n) is 6.87. The van der Waals surface area contributed by atoms with Gasteiger partial charge in [0.15, 0.2) is 0 Å². The normalized spacial score (nSPS) is 10.7. The maximum atomic E-state index is 13.2. The zero-order valence-electron chi connectivity index (χ0n) is 12.7. The monoisotopic (exact) mass is 314 g/mol. The Morgan fingerprint density at radius 3 is 2.61 bits per heavy atom. The lowest BCUT2D eigenvalue weighted by Gasteiger charge is -2.04. The Hall–Kier alpha value is -3.02. The van der Waals surface area contributed by atoms with Gasteiger partial charge in [-0.15, -0.1) is 0 Å². The van der Waals surface area contributed by atoms with Crippen LogP contribution in [-0.4, -0.2) is 10.8 Å². The molecule has 0 atom stereocenters. The van der Waals surface area contributed by atoms with Crippen molar-refractivity contribution in [3.05, 3.63) is 75.1 Å². The maximum Gasteiger partial charge on any atom is 0.306 e. The molecule has 0 unspecified atom stereocenters. The Morgan fingerprint density at radius 1 is 1.22 bits per heavy atom. The highest BCUT2D eigenvalue weighted by atomic mass is 19.1. The van der Waals surface area contributed by atoms with Gasteiger partial charge in [0.2, 0.25) is 11.7 Å². The van der Waals surface area contributed by atoms with Crippen LogP contribution in [0.25, 0.3) is 6.08 Å². The van der Waals surface area contributed by atoms with Crippen LogP contribution in [0.4, 0.5) is 15.8 Å². The molecule has 0 saturated carbocycles. The Bertz CT molecular complexity index is 800. The van der Waals surface area contributed by atoms with Gasteiger partial charge in [-0.3, -0.25) is 14.9 Å². The molecule has 6 heteroatoms. The van der Waals surface area contributed by atoms with Crippen LogP contribution in [0.2, 0.25) is 0 Å². The standard InChI is InChI=1S/C17H15FN2O3/c1-11-3-4-13(12(2)9-11)5-8-17(21)19-14-6-7-15(18)16(10-14)20(22)23/h3-10H,1-2H3,(H,19,21)/b8-5+. The highest BCUT2D eigenvalue weighted by Gasteiger charge is 2.14. The molecular formula is C17H15FN2O3. The predicted molar refractivity (Wildman–Crippen MR) is 86.6 cm³/mol. The SMILES string of the molecule is Cc1ccc(/C=C/C(=O)Nc2ccc(F)c([N+](=O)[O-])c2)c(C)c1. The second-order valence-electron chi connectivity index (χ2n) is 5.11. The lowest BCUT2D eigenvalue weighted by atomic mass is 10.1. The number of nitro groups is 1. The summed E-state index contributed by atoms with van der Waals surface area (Å²) in [6.07, 6.45) is 2.98. The largest absolute Gasteiger partial charge is 0.322 e. The van der Waals surface area contributed by atoms with E-state index in [0.717, 1.165) is 28.8 Å². The summed E-state index contributed by atoms with van der Waals surface area (Å²) in [7, 11) is 0. The zero-order chi connectivity index (χ0) is 17.0. The van der Waals surface area contributed by atoms with Crippen LogP contribution in [0.5, 0.6) is 0 Å². The minimum absolute atomic E-state index is 0.161. The van der Waals surface area contributed by atoms with E-state index in [1.54, 1.807) is 6.08 Å². The lowest BCUT2D eigenvalue weighted by Crippen LogP contribution is -2.08. The van der Waals surface area contributed by atoms with Crippen LogP contribution in [0, 0.1) is 29.8 Å². The van der Waals surface area contributed by atoms with E-state index in [1.807, 2.05) is 32.0 Å². The maximum absolute atomic E-state index is 13.2. The van der Waals surface area contributed by atoms with Crippen molar-refractivity contribution in [2.45, 2.75) is 13.8 Å². The number of carbonyl (C=O) groups excluding carboxylic acids is 1. The van der Waals surface area contributed by atoms with Gasteiger partial charge >= 0.3 is 5.69 Å². The third-order valence-electron chi connectivity index (χ3n) is 3.25.